The van der Waals surface area contributed by atoms with Crippen molar-refractivity contribution >= 4 is 11.6 Å². The summed E-state index contributed by atoms with van der Waals surface area (Å²) in [5, 5.41) is 22.6. The third-order valence-electron chi connectivity index (χ3n) is 2.30. The van der Waals surface area contributed by atoms with Crippen LogP contribution in [-0.2, 0) is 4.74 Å². The van der Waals surface area contributed by atoms with Gasteiger partial charge in [0.1, 0.15) is 11.3 Å². The standard InChI is InChI=1S/C13H16N2O5/c1-9(2)8-20-6-5-14-13(17)11-7-10(16)3-4-12(11)15(18)19/h3-4,7,16H,1,5-6,8H2,2H3,(H,14,17). The number of nitrogens with zero attached hydrogens (tertiary/aromatic N) is 1. The van der Waals surface area contributed by atoms with Gasteiger partial charge in [0.25, 0.3) is 11.6 Å². The number of ether oxygens (including phenoxy) is 1. The predicted molar refractivity (Wildman–Crippen MR) is 72.7 cm³/mol. The van der Waals surface area contributed by atoms with Gasteiger partial charge in [-0.3, -0.25) is 14.9 Å². The summed E-state index contributed by atoms with van der Waals surface area (Å²) in [6.07, 6.45) is 0. The molecule has 0 saturated carbocycles. The maximum Gasteiger partial charge on any atom is 0.282 e. The maximum absolute atomic E-state index is 11.8. The number of benzene rings is 1. The summed E-state index contributed by atoms with van der Waals surface area (Å²) in [6, 6.07) is 3.30. The highest BCUT2D eigenvalue weighted by atomic mass is 16.6. The topological polar surface area (TPSA) is 102 Å². The van der Waals surface area contributed by atoms with Gasteiger partial charge in [-0.1, -0.05) is 12.2 Å². The summed E-state index contributed by atoms with van der Waals surface area (Å²) in [5.74, 6) is -0.842. The molecule has 1 aromatic carbocycles. The normalized spacial score (nSPS) is 10.1. The van der Waals surface area contributed by atoms with Crippen LogP contribution in [-0.4, -0.2) is 35.7 Å². The highest BCUT2D eigenvalue weighted by Gasteiger charge is 2.20. The summed E-state index contributed by atoms with van der Waals surface area (Å²) in [7, 11) is 0. The van der Waals surface area contributed by atoms with Crippen LogP contribution in [0.4, 0.5) is 5.69 Å². The van der Waals surface area contributed by atoms with Gasteiger partial charge < -0.3 is 15.2 Å². The van der Waals surface area contributed by atoms with E-state index in [-0.39, 0.29) is 30.2 Å². The minimum absolute atomic E-state index is 0.185. The van der Waals surface area contributed by atoms with Crippen LogP contribution in [0.3, 0.4) is 0 Å². The van der Waals surface area contributed by atoms with Crippen molar-refractivity contribution in [3.05, 3.63) is 46.0 Å². The van der Waals surface area contributed by atoms with Crippen LogP contribution in [0.2, 0.25) is 0 Å². The van der Waals surface area contributed by atoms with E-state index in [0.717, 1.165) is 23.8 Å². The first kappa shape index (κ1) is 15.6. The number of hydrogen-bond donors (Lipinski definition) is 2. The molecule has 1 amide bonds. The van der Waals surface area contributed by atoms with E-state index in [0.29, 0.717) is 6.61 Å². The van der Waals surface area contributed by atoms with Crippen LogP contribution >= 0.6 is 0 Å². The van der Waals surface area contributed by atoms with Gasteiger partial charge in [-0.2, -0.15) is 0 Å². The van der Waals surface area contributed by atoms with Crippen molar-refractivity contribution in [3.63, 3.8) is 0 Å². The quantitative estimate of drug-likeness (QED) is 0.342. The number of nitro groups is 1. The maximum atomic E-state index is 11.8. The van der Waals surface area contributed by atoms with E-state index in [1.54, 1.807) is 0 Å². The van der Waals surface area contributed by atoms with E-state index in [1.165, 1.54) is 0 Å². The molecular formula is C13H16N2O5. The second kappa shape index (κ2) is 7.25. The van der Waals surface area contributed by atoms with Crippen molar-refractivity contribution in [2.45, 2.75) is 6.92 Å². The molecule has 0 fully saturated rings. The predicted octanol–water partition coefficient (Wildman–Crippen LogP) is 1.62. The van der Waals surface area contributed by atoms with Gasteiger partial charge >= 0.3 is 0 Å². The zero-order chi connectivity index (χ0) is 15.1. The number of hydrogen-bond acceptors (Lipinski definition) is 5. The number of carbonyl (C=O) groups excluding carboxylic acids is 1. The number of rotatable bonds is 7. The Morgan fingerprint density at radius 3 is 2.85 bits per heavy atom. The van der Waals surface area contributed by atoms with Gasteiger partial charge in [0.15, 0.2) is 0 Å². The molecule has 7 nitrogen and oxygen atoms in total. The lowest BCUT2D eigenvalue weighted by molar-refractivity contribution is -0.385. The summed E-state index contributed by atoms with van der Waals surface area (Å²) >= 11 is 0. The fourth-order valence-electron chi connectivity index (χ4n) is 1.44. The number of amides is 1. The SMILES string of the molecule is C=C(C)COCCNC(=O)c1cc(O)ccc1[N+](=O)[O-]. The van der Waals surface area contributed by atoms with Crippen LogP contribution in [0, 0.1) is 10.1 Å². The number of phenols is 1. The molecular weight excluding hydrogens is 264 g/mol. The van der Waals surface area contributed by atoms with E-state index < -0.39 is 10.8 Å². The molecule has 0 spiro atoms. The van der Waals surface area contributed by atoms with E-state index in [1.807, 2.05) is 6.92 Å². The van der Waals surface area contributed by atoms with E-state index in [4.69, 9.17) is 4.74 Å². The van der Waals surface area contributed by atoms with Gasteiger partial charge in [0.05, 0.1) is 18.1 Å². The van der Waals surface area contributed by atoms with Crippen LogP contribution in [0.25, 0.3) is 0 Å². The fraction of sp³-hybridized carbons (Fsp3) is 0.308. The Hall–Kier alpha value is -2.41. The Labute approximate surface area is 116 Å². The number of carbonyl (C=O) groups is 1. The van der Waals surface area contributed by atoms with Crippen LogP contribution in [0.15, 0.2) is 30.4 Å². The second-order valence-corrected chi connectivity index (χ2v) is 4.22. The number of phenolic OH excluding ortho intramolecular Hbond substituents is 1. The minimum atomic E-state index is -0.675. The van der Waals surface area contributed by atoms with Crippen molar-refractivity contribution in [2.75, 3.05) is 19.8 Å². The van der Waals surface area contributed by atoms with Crippen molar-refractivity contribution in [3.8, 4) is 5.75 Å². The monoisotopic (exact) mass is 280 g/mol. The molecule has 108 valence electrons. The molecule has 0 saturated heterocycles. The Morgan fingerprint density at radius 1 is 1.55 bits per heavy atom. The Morgan fingerprint density at radius 2 is 2.25 bits per heavy atom. The van der Waals surface area contributed by atoms with Crippen molar-refractivity contribution < 1.29 is 19.6 Å². The average Bonchev–Trinajstić information content (AvgIpc) is 2.37. The summed E-state index contributed by atoms with van der Waals surface area (Å²) in [4.78, 5) is 21.9. The molecule has 0 unspecified atom stereocenters. The molecule has 20 heavy (non-hydrogen) atoms. The summed E-state index contributed by atoms with van der Waals surface area (Å²) in [5.41, 5.74) is 0.318. The number of nitro benzene ring substituents is 1. The molecule has 0 aliphatic carbocycles. The Balaban J connectivity index is 2.61. The fourth-order valence-corrected chi connectivity index (χ4v) is 1.44. The second-order valence-electron chi connectivity index (χ2n) is 4.22. The average molecular weight is 280 g/mol. The highest BCUT2D eigenvalue weighted by molar-refractivity contribution is 5.98. The number of aromatic hydroxyl groups is 1. The molecule has 0 aliphatic heterocycles. The third-order valence-corrected chi connectivity index (χ3v) is 2.30. The largest absolute Gasteiger partial charge is 0.508 e. The molecule has 1 aromatic rings. The van der Waals surface area contributed by atoms with E-state index in [2.05, 4.69) is 11.9 Å². The van der Waals surface area contributed by atoms with Crippen LogP contribution in [0.5, 0.6) is 5.75 Å². The lowest BCUT2D eigenvalue weighted by atomic mass is 10.1. The molecule has 7 heteroatoms. The van der Waals surface area contributed by atoms with E-state index in [9.17, 15) is 20.0 Å². The van der Waals surface area contributed by atoms with Gasteiger partial charge in [0, 0.05) is 12.6 Å². The summed E-state index contributed by atoms with van der Waals surface area (Å²) < 4.78 is 5.19. The Kier molecular flexibility index (Phi) is 5.67. The van der Waals surface area contributed by atoms with Gasteiger partial charge in [-0.15, -0.1) is 0 Å². The first-order valence-electron chi connectivity index (χ1n) is 5.89. The van der Waals surface area contributed by atoms with Crippen molar-refractivity contribution in [2.24, 2.45) is 0 Å². The highest BCUT2D eigenvalue weighted by Crippen LogP contribution is 2.22. The van der Waals surface area contributed by atoms with Gasteiger partial charge in [-0.25, -0.2) is 0 Å². The van der Waals surface area contributed by atoms with Crippen LogP contribution in [0.1, 0.15) is 17.3 Å². The van der Waals surface area contributed by atoms with Gasteiger partial charge in [-0.05, 0) is 19.1 Å². The lowest BCUT2D eigenvalue weighted by Crippen LogP contribution is -2.28. The van der Waals surface area contributed by atoms with E-state index >= 15 is 0 Å². The molecule has 0 aliphatic rings. The molecule has 0 bridgehead atoms. The first-order valence-corrected chi connectivity index (χ1v) is 5.89. The first-order chi connectivity index (χ1) is 9.41. The molecule has 0 atom stereocenters. The lowest BCUT2D eigenvalue weighted by Gasteiger charge is -2.07. The molecule has 0 radical (unpaired) electrons. The zero-order valence-corrected chi connectivity index (χ0v) is 11.1. The van der Waals surface area contributed by atoms with Gasteiger partial charge in [0.2, 0.25) is 0 Å². The third kappa shape index (κ3) is 4.69. The zero-order valence-electron chi connectivity index (χ0n) is 11.1. The molecule has 2 N–H and O–H groups in total. The molecule has 0 heterocycles. The smallest absolute Gasteiger partial charge is 0.282 e. The van der Waals surface area contributed by atoms with Crippen molar-refractivity contribution in [1.82, 2.24) is 5.32 Å². The number of nitrogens with one attached hydrogen (secondary N) is 1. The summed E-state index contributed by atoms with van der Waals surface area (Å²) in [6.45, 7) is 6.34. The van der Waals surface area contributed by atoms with Crippen LogP contribution < -0.4 is 5.32 Å². The van der Waals surface area contributed by atoms with Crippen molar-refractivity contribution in [1.29, 1.82) is 0 Å². The minimum Gasteiger partial charge on any atom is -0.508 e. The molecule has 0 aromatic heterocycles. The molecule has 1 rings (SSSR count). The Bertz CT molecular complexity index is 527.